The molecule has 0 radical (unpaired) electrons. The normalized spacial score (nSPS) is 43.6. The Kier molecular flexibility index (Phi) is 3.81. The third kappa shape index (κ3) is 3.01. The Morgan fingerprint density at radius 1 is 1.29 bits per heavy atom. The zero-order valence-electron chi connectivity index (χ0n) is 11.8. The summed E-state index contributed by atoms with van der Waals surface area (Å²) in [7, 11) is 0. The van der Waals surface area contributed by atoms with E-state index < -0.39 is 0 Å². The van der Waals surface area contributed by atoms with Crippen LogP contribution in [-0.2, 0) is 4.74 Å². The number of nitrogens with zero attached hydrogens (tertiary/aromatic N) is 1. The van der Waals surface area contributed by atoms with Crippen molar-refractivity contribution in [3.63, 3.8) is 0 Å². The van der Waals surface area contributed by atoms with Crippen molar-refractivity contribution < 1.29 is 4.74 Å². The first-order chi connectivity index (χ1) is 7.89. The van der Waals surface area contributed by atoms with Gasteiger partial charge in [0.25, 0.3) is 0 Å². The van der Waals surface area contributed by atoms with E-state index in [2.05, 4.69) is 32.6 Å². The van der Waals surface area contributed by atoms with Crippen molar-refractivity contribution >= 4 is 0 Å². The molecule has 3 heteroatoms. The molecule has 0 aromatic rings. The van der Waals surface area contributed by atoms with Gasteiger partial charge in [-0.05, 0) is 38.5 Å². The molecule has 2 aliphatic rings. The third-order valence-corrected chi connectivity index (χ3v) is 4.49. The molecule has 0 aromatic heterocycles. The highest BCUT2D eigenvalue weighted by molar-refractivity contribution is 4.95. The van der Waals surface area contributed by atoms with Crippen LogP contribution in [-0.4, -0.2) is 42.3 Å². The third-order valence-electron chi connectivity index (χ3n) is 4.49. The molecule has 1 saturated heterocycles. The maximum atomic E-state index is 6.36. The molecular weight excluding hydrogens is 212 g/mol. The molecule has 0 aromatic carbocycles. The summed E-state index contributed by atoms with van der Waals surface area (Å²) in [5, 5.41) is 0. The van der Waals surface area contributed by atoms with Crippen molar-refractivity contribution in [3.05, 3.63) is 0 Å². The van der Waals surface area contributed by atoms with Gasteiger partial charge in [-0.3, -0.25) is 4.90 Å². The summed E-state index contributed by atoms with van der Waals surface area (Å²) in [6.45, 7) is 11.1. The van der Waals surface area contributed by atoms with Crippen LogP contribution in [0.15, 0.2) is 0 Å². The van der Waals surface area contributed by atoms with Crippen LogP contribution in [0, 0.1) is 5.41 Å². The number of hydrogen-bond acceptors (Lipinski definition) is 3. The second-order valence-corrected chi connectivity index (χ2v) is 6.83. The van der Waals surface area contributed by atoms with Gasteiger partial charge in [0.1, 0.15) is 0 Å². The zero-order chi connectivity index (χ0) is 12.6. The SMILES string of the molecule is CC1CN(C2CC(C)(C)CCC2N)C(C)CO1. The van der Waals surface area contributed by atoms with Crippen LogP contribution in [0.3, 0.4) is 0 Å². The van der Waals surface area contributed by atoms with Crippen LogP contribution < -0.4 is 5.73 Å². The lowest BCUT2D eigenvalue weighted by molar-refractivity contribution is -0.0819. The van der Waals surface area contributed by atoms with Crippen molar-refractivity contribution in [3.8, 4) is 0 Å². The second kappa shape index (κ2) is 4.87. The summed E-state index contributed by atoms with van der Waals surface area (Å²) in [4.78, 5) is 2.60. The van der Waals surface area contributed by atoms with E-state index in [1.54, 1.807) is 0 Å². The minimum atomic E-state index is 0.343. The molecule has 2 N–H and O–H groups in total. The van der Waals surface area contributed by atoms with Gasteiger partial charge in [0.05, 0.1) is 12.7 Å². The van der Waals surface area contributed by atoms with Crippen molar-refractivity contribution in [2.75, 3.05) is 13.2 Å². The lowest BCUT2D eigenvalue weighted by atomic mass is 9.72. The molecule has 3 nitrogen and oxygen atoms in total. The lowest BCUT2D eigenvalue weighted by Gasteiger charge is -2.49. The predicted octanol–water partition coefficient (Wildman–Crippen LogP) is 2.00. The highest BCUT2D eigenvalue weighted by Crippen LogP contribution is 2.38. The van der Waals surface area contributed by atoms with Crippen LogP contribution in [0.5, 0.6) is 0 Å². The van der Waals surface area contributed by atoms with Crippen molar-refractivity contribution in [1.82, 2.24) is 4.90 Å². The van der Waals surface area contributed by atoms with E-state index in [1.165, 1.54) is 12.8 Å². The van der Waals surface area contributed by atoms with Gasteiger partial charge >= 0.3 is 0 Å². The van der Waals surface area contributed by atoms with Crippen LogP contribution in [0.25, 0.3) is 0 Å². The molecule has 4 atom stereocenters. The summed E-state index contributed by atoms with van der Waals surface area (Å²) in [5.74, 6) is 0. The minimum absolute atomic E-state index is 0.343. The van der Waals surface area contributed by atoms with E-state index in [0.29, 0.717) is 29.6 Å². The second-order valence-electron chi connectivity index (χ2n) is 6.83. The maximum Gasteiger partial charge on any atom is 0.0674 e. The van der Waals surface area contributed by atoms with Crippen LogP contribution in [0.2, 0.25) is 0 Å². The Labute approximate surface area is 106 Å². The van der Waals surface area contributed by atoms with Gasteiger partial charge in [0.15, 0.2) is 0 Å². The smallest absolute Gasteiger partial charge is 0.0674 e. The molecule has 4 unspecified atom stereocenters. The van der Waals surface area contributed by atoms with Crippen LogP contribution in [0.1, 0.15) is 47.0 Å². The Balaban J connectivity index is 2.07. The maximum absolute atomic E-state index is 6.36. The number of hydrogen-bond donors (Lipinski definition) is 1. The molecular formula is C14H28N2O. The average molecular weight is 240 g/mol. The Hall–Kier alpha value is -0.120. The standard InChI is InChI=1S/C14H28N2O/c1-10-9-17-11(2)8-16(10)13-7-14(3,4)6-5-12(13)15/h10-13H,5-9,15H2,1-4H3. The fourth-order valence-corrected chi connectivity index (χ4v) is 3.32. The quantitative estimate of drug-likeness (QED) is 0.762. The summed E-state index contributed by atoms with van der Waals surface area (Å²) in [5.41, 5.74) is 6.80. The summed E-state index contributed by atoms with van der Waals surface area (Å²) >= 11 is 0. The monoisotopic (exact) mass is 240 g/mol. The molecule has 1 aliphatic carbocycles. The van der Waals surface area contributed by atoms with Crippen LogP contribution >= 0.6 is 0 Å². The van der Waals surface area contributed by atoms with E-state index in [-0.39, 0.29) is 0 Å². The van der Waals surface area contributed by atoms with Crippen molar-refractivity contribution in [2.45, 2.75) is 71.2 Å². The Morgan fingerprint density at radius 3 is 2.71 bits per heavy atom. The molecule has 0 bridgehead atoms. The van der Waals surface area contributed by atoms with Crippen LogP contribution in [0.4, 0.5) is 0 Å². The first-order valence-corrected chi connectivity index (χ1v) is 7.02. The first kappa shape index (κ1) is 13.3. The van der Waals surface area contributed by atoms with E-state index >= 15 is 0 Å². The average Bonchev–Trinajstić information content (AvgIpc) is 2.25. The summed E-state index contributed by atoms with van der Waals surface area (Å²) in [6.07, 6.45) is 4.00. The number of rotatable bonds is 1. The summed E-state index contributed by atoms with van der Waals surface area (Å²) in [6, 6.07) is 1.40. The molecule has 2 fully saturated rings. The van der Waals surface area contributed by atoms with Gasteiger partial charge in [0, 0.05) is 24.7 Å². The van der Waals surface area contributed by atoms with Gasteiger partial charge in [-0.2, -0.15) is 0 Å². The number of ether oxygens (including phenoxy) is 1. The predicted molar refractivity (Wildman–Crippen MR) is 71.0 cm³/mol. The highest BCUT2D eigenvalue weighted by Gasteiger charge is 2.39. The van der Waals surface area contributed by atoms with E-state index in [0.717, 1.165) is 19.6 Å². The zero-order valence-corrected chi connectivity index (χ0v) is 11.8. The van der Waals surface area contributed by atoms with Gasteiger partial charge in [-0.15, -0.1) is 0 Å². The lowest BCUT2D eigenvalue weighted by Crippen LogP contribution is -2.60. The van der Waals surface area contributed by atoms with Crippen molar-refractivity contribution in [1.29, 1.82) is 0 Å². The fourth-order valence-electron chi connectivity index (χ4n) is 3.32. The largest absolute Gasteiger partial charge is 0.376 e. The molecule has 0 amide bonds. The number of nitrogens with two attached hydrogens (primary N) is 1. The van der Waals surface area contributed by atoms with Crippen molar-refractivity contribution in [2.24, 2.45) is 11.1 Å². The molecule has 100 valence electrons. The molecule has 17 heavy (non-hydrogen) atoms. The molecule has 0 spiro atoms. The highest BCUT2D eigenvalue weighted by atomic mass is 16.5. The molecule has 1 aliphatic heterocycles. The van der Waals surface area contributed by atoms with Gasteiger partial charge in [0.2, 0.25) is 0 Å². The van der Waals surface area contributed by atoms with Gasteiger partial charge in [-0.25, -0.2) is 0 Å². The molecule has 2 rings (SSSR count). The fraction of sp³-hybridized carbons (Fsp3) is 1.00. The van der Waals surface area contributed by atoms with Gasteiger partial charge in [-0.1, -0.05) is 13.8 Å². The Bertz CT molecular complexity index is 267. The number of morpholine rings is 1. The topological polar surface area (TPSA) is 38.5 Å². The van der Waals surface area contributed by atoms with E-state index in [4.69, 9.17) is 10.5 Å². The Morgan fingerprint density at radius 2 is 2.00 bits per heavy atom. The van der Waals surface area contributed by atoms with Gasteiger partial charge < -0.3 is 10.5 Å². The summed E-state index contributed by atoms with van der Waals surface area (Å²) < 4.78 is 5.72. The molecule has 1 saturated carbocycles. The first-order valence-electron chi connectivity index (χ1n) is 7.02. The molecule has 1 heterocycles. The minimum Gasteiger partial charge on any atom is -0.376 e. The van der Waals surface area contributed by atoms with E-state index in [9.17, 15) is 0 Å². The van der Waals surface area contributed by atoms with E-state index in [1.807, 2.05) is 0 Å².